The highest BCUT2D eigenvalue weighted by atomic mass is 16.5. The number of hydrogen-bond acceptors (Lipinski definition) is 2. The smallest absolute Gasteiger partial charge is 0.123 e. The van der Waals surface area contributed by atoms with Crippen molar-refractivity contribution >= 4 is 0 Å². The highest BCUT2D eigenvalue weighted by Gasteiger charge is 2.13. The molecule has 2 heteroatoms. The molecule has 2 aromatic rings. The summed E-state index contributed by atoms with van der Waals surface area (Å²) in [5.41, 5.74) is 4.31. The first kappa shape index (κ1) is 10.2. The second kappa shape index (κ2) is 3.81. The van der Waals surface area contributed by atoms with E-state index in [4.69, 9.17) is 4.74 Å². The maximum Gasteiger partial charge on any atom is 0.123 e. The van der Waals surface area contributed by atoms with Crippen LogP contribution in [0.5, 0.6) is 11.5 Å². The van der Waals surface area contributed by atoms with Crippen LogP contribution in [0.1, 0.15) is 11.1 Å². The molecule has 0 spiro atoms. The lowest BCUT2D eigenvalue weighted by atomic mass is 9.99. The Balaban J connectivity index is 2.12. The van der Waals surface area contributed by atoms with Crippen LogP contribution in [0.15, 0.2) is 36.4 Å². The SMILES string of the molecule is Cc1ccc(O)c(-c2ccc3c(c2)CCO3)c1. The topological polar surface area (TPSA) is 29.5 Å². The average Bonchev–Trinajstić information content (AvgIpc) is 2.79. The Morgan fingerprint density at radius 3 is 2.88 bits per heavy atom. The maximum atomic E-state index is 9.91. The molecule has 3 rings (SSSR count). The van der Waals surface area contributed by atoms with Crippen LogP contribution in [0.25, 0.3) is 11.1 Å². The van der Waals surface area contributed by atoms with Crippen molar-refractivity contribution in [3.63, 3.8) is 0 Å². The number of rotatable bonds is 1. The molecule has 0 radical (unpaired) electrons. The third-order valence-electron chi connectivity index (χ3n) is 3.15. The Morgan fingerprint density at radius 1 is 1.12 bits per heavy atom. The van der Waals surface area contributed by atoms with E-state index in [0.717, 1.165) is 35.5 Å². The van der Waals surface area contributed by atoms with Crippen molar-refractivity contribution in [2.75, 3.05) is 6.61 Å². The Morgan fingerprint density at radius 2 is 2.00 bits per heavy atom. The fourth-order valence-electron chi connectivity index (χ4n) is 2.24. The highest BCUT2D eigenvalue weighted by Crippen LogP contribution is 2.34. The van der Waals surface area contributed by atoms with Gasteiger partial charge in [-0.05, 0) is 42.3 Å². The molecule has 0 saturated heterocycles. The van der Waals surface area contributed by atoms with Gasteiger partial charge in [-0.25, -0.2) is 0 Å². The fraction of sp³-hybridized carbons (Fsp3) is 0.200. The van der Waals surface area contributed by atoms with Gasteiger partial charge in [0, 0.05) is 12.0 Å². The molecular weight excluding hydrogens is 212 g/mol. The van der Waals surface area contributed by atoms with Crippen LogP contribution >= 0.6 is 0 Å². The van der Waals surface area contributed by atoms with Crippen molar-refractivity contribution in [2.45, 2.75) is 13.3 Å². The molecule has 17 heavy (non-hydrogen) atoms. The lowest BCUT2D eigenvalue weighted by Crippen LogP contribution is -1.85. The van der Waals surface area contributed by atoms with E-state index < -0.39 is 0 Å². The first-order valence-corrected chi connectivity index (χ1v) is 5.80. The minimum absolute atomic E-state index is 0.328. The van der Waals surface area contributed by atoms with E-state index >= 15 is 0 Å². The molecule has 2 aromatic carbocycles. The lowest BCUT2D eigenvalue weighted by Gasteiger charge is -2.07. The summed E-state index contributed by atoms with van der Waals surface area (Å²) in [4.78, 5) is 0. The summed E-state index contributed by atoms with van der Waals surface area (Å²) in [5, 5.41) is 9.91. The van der Waals surface area contributed by atoms with E-state index in [-0.39, 0.29) is 0 Å². The van der Waals surface area contributed by atoms with Crippen LogP contribution in [-0.4, -0.2) is 11.7 Å². The van der Waals surface area contributed by atoms with Gasteiger partial charge in [0.2, 0.25) is 0 Å². The van der Waals surface area contributed by atoms with Gasteiger partial charge in [-0.1, -0.05) is 17.7 Å². The van der Waals surface area contributed by atoms with Gasteiger partial charge < -0.3 is 9.84 Å². The van der Waals surface area contributed by atoms with E-state index in [9.17, 15) is 5.11 Å². The molecule has 0 aromatic heterocycles. The zero-order valence-electron chi connectivity index (χ0n) is 9.73. The zero-order valence-corrected chi connectivity index (χ0v) is 9.73. The van der Waals surface area contributed by atoms with Crippen molar-refractivity contribution in [3.8, 4) is 22.6 Å². The van der Waals surface area contributed by atoms with Crippen LogP contribution in [0.4, 0.5) is 0 Å². The van der Waals surface area contributed by atoms with E-state index in [2.05, 4.69) is 6.07 Å². The molecule has 1 heterocycles. The number of fused-ring (bicyclic) bond motifs is 1. The standard InChI is InChI=1S/C15H14O2/c1-10-2-4-14(16)13(8-10)11-3-5-15-12(9-11)6-7-17-15/h2-5,8-9,16H,6-7H2,1H3. The molecule has 86 valence electrons. The highest BCUT2D eigenvalue weighted by molar-refractivity contribution is 5.72. The molecule has 1 aliphatic heterocycles. The van der Waals surface area contributed by atoms with Crippen molar-refractivity contribution in [1.82, 2.24) is 0 Å². The molecule has 0 aliphatic carbocycles. The number of aryl methyl sites for hydroxylation is 1. The maximum absolute atomic E-state index is 9.91. The number of phenols is 1. The number of ether oxygens (including phenoxy) is 1. The van der Waals surface area contributed by atoms with Crippen molar-refractivity contribution in [1.29, 1.82) is 0 Å². The Kier molecular flexibility index (Phi) is 2.29. The molecule has 1 aliphatic rings. The van der Waals surface area contributed by atoms with Gasteiger partial charge in [0.05, 0.1) is 6.61 Å². The van der Waals surface area contributed by atoms with Gasteiger partial charge in [-0.15, -0.1) is 0 Å². The summed E-state index contributed by atoms with van der Waals surface area (Å²) in [7, 11) is 0. The van der Waals surface area contributed by atoms with Gasteiger partial charge in [-0.2, -0.15) is 0 Å². The van der Waals surface area contributed by atoms with Gasteiger partial charge in [0.15, 0.2) is 0 Å². The quantitative estimate of drug-likeness (QED) is 0.808. The minimum atomic E-state index is 0.328. The molecule has 0 amide bonds. The molecular formula is C15H14O2. The third-order valence-corrected chi connectivity index (χ3v) is 3.15. The predicted octanol–water partition coefficient (Wildman–Crippen LogP) is 3.30. The minimum Gasteiger partial charge on any atom is -0.507 e. The number of benzene rings is 2. The molecule has 0 atom stereocenters. The molecule has 1 N–H and O–H groups in total. The Hall–Kier alpha value is -1.96. The van der Waals surface area contributed by atoms with Crippen LogP contribution in [0.2, 0.25) is 0 Å². The van der Waals surface area contributed by atoms with Crippen molar-refractivity contribution < 1.29 is 9.84 Å². The van der Waals surface area contributed by atoms with Crippen LogP contribution in [0, 0.1) is 6.92 Å². The molecule has 0 unspecified atom stereocenters. The van der Waals surface area contributed by atoms with E-state index in [1.165, 1.54) is 5.56 Å². The first-order valence-electron chi connectivity index (χ1n) is 5.80. The molecule has 0 fully saturated rings. The largest absolute Gasteiger partial charge is 0.507 e. The monoisotopic (exact) mass is 226 g/mol. The Bertz CT molecular complexity index is 573. The lowest BCUT2D eigenvalue weighted by molar-refractivity contribution is 0.357. The van der Waals surface area contributed by atoms with E-state index in [0.29, 0.717) is 5.75 Å². The van der Waals surface area contributed by atoms with Gasteiger partial charge >= 0.3 is 0 Å². The van der Waals surface area contributed by atoms with Crippen molar-refractivity contribution in [2.24, 2.45) is 0 Å². The van der Waals surface area contributed by atoms with E-state index in [1.807, 2.05) is 31.2 Å². The molecule has 0 saturated carbocycles. The van der Waals surface area contributed by atoms with Crippen LogP contribution in [-0.2, 0) is 6.42 Å². The zero-order chi connectivity index (χ0) is 11.8. The summed E-state index contributed by atoms with van der Waals surface area (Å²) in [6.45, 7) is 2.79. The van der Waals surface area contributed by atoms with E-state index in [1.54, 1.807) is 6.07 Å². The summed E-state index contributed by atoms with van der Waals surface area (Å²) in [6.07, 6.45) is 0.954. The van der Waals surface area contributed by atoms with Gasteiger partial charge in [0.1, 0.15) is 11.5 Å². The third kappa shape index (κ3) is 1.76. The Labute approximate surface area is 100 Å². The number of hydrogen-bond donors (Lipinski definition) is 1. The number of phenolic OH excluding ortho intramolecular Hbond substituents is 1. The summed E-state index contributed by atoms with van der Waals surface area (Å²) in [5.74, 6) is 1.30. The second-order valence-electron chi connectivity index (χ2n) is 4.44. The summed E-state index contributed by atoms with van der Waals surface area (Å²) in [6, 6.07) is 11.8. The summed E-state index contributed by atoms with van der Waals surface area (Å²) >= 11 is 0. The molecule has 0 bridgehead atoms. The van der Waals surface area contributed by atoms with Crippen LogP contribution in [0.3, 0.4) is 0 Å². The first-order chi connectivity index (χ1) is 8.24. The van der Waals surface area contributed by atoms with Crippen molar-refractivity contribution in [3.05, 3.63) is 47.5 Å². The van der Waals surface area contributed by atoms with Gasteiger partial charge in [0.25, 0.3) is 0 Å². The fourth-order valence-corrected chi connectivity index (χ4v) is 2.24. The normalized spacial score (nSPS) is 13.2. The average molecular weight is 226 g/mol. The molecule has 2 nitrogen and oxygen atoms in total. The van der Waals surface area contributed by atoms with Crippen LogP contribution < -0.4 is 4.74 Å². The predicted molar refractivity (Wildman–Crippen MR) is 67.5 cm³/mol. The number of aromatic hydroxyl groups is 1. The summed E-state index contributed by atoms with van der Waals surface area (Å²) < 4.78 is 5.48. The van der Waals surface area contributed by atoms with Gasteiger partial charge in [-0.3, -0.25) is 0 Å². The second-order valence-corrected chi connectivity index (χ2v) is 4.44.